The van der Waals surface area contributed by atoms with Gasteiger partial charge in [-0.2, -0.15) is 0 Å². The van der Waals surface area contributed by atoms with Crippen molar-refractivity contribution in [1.29, 1.82) is 0 Å². The van der Waals surface area contributed by atoms with Gasteiger partial charge in [-0.05, 0) is 26.2 Å². The average molecular weight is 264 g/mol. The van der Waals surface area contributed by atoms with Gasteiger partial charge in [0.05, 0.1) is 6.10 Å². The number of rotatable bonds is 7. The molecule has 2 rings (SSSR count). The van der Waals surface area contributed by atoms with Crippen LogP contribution < -0.4 is 10.6 Å². The zero-order valence-electron chi connectivity index (χ0n) is 12.1. The Morgan fingerprint density at radius 3 is 2.63 bits per heavy atom. The molecule has 0 bridgehead atoms. The van der Waals surface area contributed by atoms with E-state index in [0.717, 1.165) is 43.9 Å². The Balaban J connectivity index is 2.00. The Morgan fingerprint density at radius 2 is 2.00 bits per heavy atom. The standard InChI is InChI=1S/C14H24N4O/c1-4-6-12-13(15-3)16-9-17-14(12)18-10-7-11(8-10)19-5-2/h9-11H,4-8H2,1-3H3,(H2,15,16,17,18). The summed E-state index contributed by atoms with van der Waals surface area (Å²) in [5.41, 5.74) is 1.19. The largest absolute Gasteiger partial charge is 0.378 e. The SMILES string of the molecule is CCCc1c(NC)ncnc1NC1CC(OCC)C1. The van der Waals surface area contributed by atoms with Crippen molar-refractivity contribution in [3.63, 3.8) is 0 Å². The third-order valence-corrected chi connectivity index (χ3v) is 3.52. The molecule has 0 radical (unpaired) electrons. The minimum Gasteiger partial charge on any atom is -0.378 e. The van der Waals surface area contributed by atoms with Crippen LogP contribution in [0.5, 0.6) is 0 Å². The van der Waals surface area contributed by atoms with Crippen LogP contribution in [0.2, 0.25) is 0 Å². The van der Waals surface area contributed by atoms with Gasteiger partial charge in [-0.1, -0.05) is 13.3 Å². The fourth-order valence-corrected chi connectivity index (χ4v) is 2.49. The zero-order valence-corrected chi connectivity index (χ0v) is 12.1. The van der Waals surface area contributed by atoms with Gasteiger partial charge in [-0.25, -0.2) is 9.97 Å². The number of ether oxygens (including phenoxy) is 1. The highest BCUT2D eigenvalue weighted by atomic mass is 16.5. The highest BCUT2D eigenvalue weighted by Crippen LogP contribution is 2.29. The Labute approximate surface area is 115 Å². The zero-order chi connectivity index (χ0) is 13.7. The van der Waals surface area contributed by atoms with Crippen molar-refractivity contribution >= 4 is 11.6 Å². The highest BCUT2D eigenvalue weighted by molar-refractivity contribution is 5.57. The number of hydrogen-bond donors (Lipinski definition) is 2. The lowest BCUT2D eigenvalue weighted by atomic mass is 9.89. The number of aromatic nitrogens is 2. The molecule has 1 aromatic rings. The predicted octanol–water partition coefficient (Wildman–Crippen LogP) is 2.45. The molecular formula is C14H24N4O. The van der Waals surface area contributed by atoms with Gasteiger partial charge in [0.15, 0.2) is 0 Å². The van der Waals surface area contributed by atoms with Gasteiger partial charge >= 0.3 is 0 Å². The number of anilines is 2. The molecule has 5 heteroatoms. The summed E-state index contributed by atoms with van der Waals surface area (Å²) in [6.07, 6.45) is 6.25. The molecule has 5 nitrogen and oxygen atoms in total. The van der Waals surface area contributed by atoms with Crippen molar-refractivity contribution in [3.8, 4) is 0 Å². The minimum atomic E-state index is 0.419. The number of hydrogen-bond acceptors (Lipinski definition) is 5. The lowest BCUT2D eigenvalue weighted by molar-refractivity contribution is 0.00291. The van der Waals surface area contributed by atoms with Crippen molar-refractivity contribution in [2.75, 3.05) is 24.3 Å². The first-order chi connectivity index (χ1) is 9.28. The first-order valence-electron chi connectivity index (χ1n) is 7.18. The molecule has 1 saturated carbocycles. The van der Waals surface area contributed by atoms with Gasteiger partial charge in [0, 0.05) is 25.3 Å². The maximum atomic E-state index is 5.58. The smallest absolute Gasteiger partial charge is 0.134 e. The normalized spacial score (nSPS) is 21.8. The van der Waals surface area contributed by atoms with Gasteiger partial charge < -0.3 is 15.4 Å². The molecule has 19 heavy (non-hydrogen) atoms. The van der Waals surface area contributed by atoms with E-state index in [1.165, 1.54) is 5.56 Å². The summed E-state index contributed by atoms with van der Waals surface area (Å²) in [4.78, 5) is 8.68. The van der Waals surface area contributed by atoms with E-state index in [4.69, 9.17) is 4.74 Å². The van der Waals surface area contributed by atoms with Gasteiger partial charge in [-0.15, -0.1) is 0 Å². The molecule has 1 fully saturated rings. The van der Waals surface area contributed by atoms with E-state index >= 15 is 0 Å². The van der Waals surface area contributed by atoms with E-state index < -0.39 is 0 Å². The second kappa shape index (κ2) is 6.70. The lowest BCUT2D eigenvalue weighted by Gasteiger charge is -2.36. The number of nitrogens with zero attached hydrogens (tertiary/aromatic N) is 2. The summed E-state index contributed by atoms with van der Waals surface area (Å²) in [6.45, 7) is 5.02. The van der Waals surface area contributed by atoms with Crippen molar-refractivity contribution in [2.24, 2.45) is 0 Å². The van der Waals surface area contributed by atoms with Crippen molar-refractivity contribution < 1.29 is 4.74 Å². The Morgan fingerprint density at radius 1 is 1.26 bits per heavy atom. The van der Waals surface area contributed by atoms with Crippen LogP contribution in [0.4, 0.5) is 11.6 Å². The van der Waals surface area contributed by atoms with Crippen molar-refractivity contribution in [1.82, 2.24) is 9.97 Å². The summed E-state index contributed by atoms with van der Waals surface area (Å²) in [6, 6.07) is 0.478. The predicted molar refractivity (Wildman–Crippen MR) is 77.6 cm³/mol. The molecule has 0 atom stereocenters. The Bertz CT molecular complexity index is 404. The third-order valence-electron chi connectivity index (χ3n) is 3.52. The summed E-state index contributed by atoms with van der Waals surface area (Å²) >= 11 is 0. The maximum absolute atomic E-state index is 5.58. The van der Waals surface area contributed by atoms with E-state index in [9.17, 15) is 0 Å². The summed E-state index contributed by atoms with van der Waals surface area (Å²) < 4.78 is 5.58. The van der Waals surface area contributed by atoms with Gasteiger partial charge in [0.2, 0.25) is 0 Å². The van der Waals surface area contributed by atoms with Crippen molar-refractivity contribution in [2.45, 2.75) is 51.7 Å². The average Bonchev–Trinajstić information content (AvgIpc) is 2.38. The van der Waals surface area contributed by atoms with Crippen LogP contribution in [0.1, 0.15) is 38.7 Å². The first kappa shape index (κ1) is 14.1. The molecular weight excluding hydrogens is 240 g/mol. The molecule has 0 aliphatic heterocycles. The lowest BCUT2D eigenvalue weighted by Crippen LogP contribution is -2.41. The highest BCUT2D eigenvalue weighted by Gasteiger charge is 2.30. The van der Waals surface area contributed by atoms with Gasteiger partial charge in [-0.3, -0.25) is 0 Å². The van der Waals surface area contributed by atoms with Crippen LogP contribution >= 0.6 is 0 Å². The van der Waals surface area contributed by atoms with Crippen LogP contribution in [-0.4, -0.2) is 35.8 Å². The van der Waals surface area contributed by atoms with E-state index in [2.05, 4.69) is 27.5 Å². The second-order valence-corrected chi connectivity index (χ2v) is 4.94. The molecule has 0 aromatic carbocycles. The summed E-state index contributed by atoms with van der Waals surface area (Å²) in [7, 11) is 1.90. The molecule has 1 aliphatic rings. The van der Waals surface area contributed by atoms with Gasteiger partial charge in [0.1, 0.15) is 18.0 Å². The monoisotopic (exact) mass is 264 g/mol. The van der Waals surface area contributed by atoms with E-state index in [-0.39, 0.29) is 0 Å². The second-order valence-electron chi connectivity index (χ2n) is 4.94. The number of nitrogens with one attached hydrogen (secondary N) is 2. The van der Waals surface area contributed by atoms with Crippen LogP contribution in [0.3, 0.4) is 0 Å². The quantitative estimate of drug-likeness (QED) is 0.792. The van der Waals surface area contributed by atoms with E-state index in [1.807, 2.05) is 14.0 Å². The Kier molecular flexibility index (Phi) is 4.96. The van der Waals surface area contributed by atoms with E-state index in [1.54, 1.807) is 6.33 Å². The molecule has 1 heterocycles. The minimum absolute atomic E-state index is 0.419. The fraction of sp³-hybridized carbons (Fsp3) is 0.714. The third kappa shape index (κ3) is 3.35. The van der Waals surface area contributed by atoms with Crippen molar-refractivity contribution in [3.05, 3.63) is 11.9 Å². The summed E-state index contributed by atoms with van der Waals surface area (Å²) in [5.74, 6) is 1.90. The molecule has 2 N–H and O–H groups in total. The van der Waals surface area contributed by atoms with Crippen LogP contribution in [-0.2, 0) is 11.2 Å². The molecule has 1 aromatic heterocycles. The summed E-state index contributed by atoms with van der Waals surface area (Å²) in [5, 5.41) is 6.67. The first-order valence-corrected chi connectivity index (χ1v) is 7.18. The van der Waals surface area contributed by atoms with Gasteiger partial charge in [0.25, 0.3) is 0 Å². The van der Waals surface area contributed by atoms with E-state index in [0.29, 0.717) is 12.1 Å². The Hall–Kier alpha value is -1.36. The van der Waals surface area contributed by atoms with Crippen LogP contribution in [0.15, 0.2) is 6.33 Å². The van der Waals surface area contributed by atoms with Crippen LogP contribution in [0.25, 0.3) is 0 Å². The molecule has 0 spiro atoms. The maximum Gasteiger partial charge on any atom is 0.134 e. The topological polar surface area (TPSA) is 59.1 Å². The molecule has 0 saturated heterocycles. The molecule has 1 aliphatic carbocycles. The fourth-order valence-electron chi connectivity index (χ4n) is 2.49. The van der Waals surface area contributed by atoms with Crippen LogP contribution in [0, 0.1) is 0 Å². The molecule has 0 amide bonds. The molecule has 0 unspecified atom stereocenters. The molecule has 106 valence electrons.